The molecule has 2 N–H and O–H groups in total. The molecule has 0 radical (unpaired) electrons. The van der Waals surface area contributed by atoms with Crippen LogP contribution in [0, 0.1) is 0 Å². The molecule has 29 heavy (non-hydrogen) atoms. The minimum Gasteiger partial charge on any atom is -0.497 e. The maximum Gasteiger partial charge on any atom is 0.227 e. The maximum atomic E-state index is 12.4. The van der Waals surface area contributed by atoms with Gasteiger partial charge >= 0.3 is 0 Å². The molecule has 6 heteroatoms. The smallest absolute Gasteiger partial charge is 0.227 e. The van der Waals surface area contributed by atoms with Gasteiger partial charge in [-0.25, -0.2) is 0 Å². The summed E-state index contributed by atoms with van der Waals surface area (Å²) in [6.45, 7) is 2.53. The molecule has 1 heterocycles. The fourth-order valence-electron chi connectivity index (χ4n) is 3.35. The third-order valence-corrected chi connectivity index (χ3v) is 5.12. The molecule has 6 nitrogen and oxygen atoms in total. The summed E-state index contributed by atoms with van der Waals surface area (Å²) in [4.78, 5) is 15.8. The lowest BCUT2D eigenvalue weighted by atomic mass is 10.0. The molecule has 0 unspecified atom stereocenters. The number of aromatic nitrogens is 1. The van der Waals surface area contributed by atoms with Crippen LogP contribution in [0.1, 0.15) is 30.5 Å². The highest BCUT2D eigenvalue weighted by Crippen LogP contribution is 2.31. The van der Waals surface area contributed by atoms with Gasteiger partial charge in [0.2, 0.25) is 5.91 Å². The van der Waals surface area contributed by atoms with Gasteiger partial charge in [0.15, 0.2) is 0 Å². The molecule has 0 bridgehead atoms. The second-order valence-electron chi connectivity index (χ2n) is 6.97. The Balaban J connectivity index is 1.53. The zero-order chi connectivity index (χ0) is 20.8. The van der Waals surface area contributed by atoms with Crippen LogP contribution in [0.15, 0.2) is 42.5 Å². The van der Waals surface area contributed by atoms with Crippen molar-refractivity contribution in [2.45, 2.75) is 25.7 Å². The SMILES string of the molecule is COc1ccc([C@H](C)C(=O)NCCCc2cc3c(OC)cc(OC)cc3[nH]2)cc1. The Hall–Kier alpha value is -3.15. The second kappa shape index (κ2) is 9.37. The number of ether oxygens (including phenoxy) is 3. The molecule has 0 fully saturated rings. The van der Waals surface area contributed by atoms with E-state index in [1.165, 1.54) is 0 Å². The first-order valence-corrected chi connectivity index (χ1v) is 9.71. The fourth-order valence-corrected chi connectivity index (χ4v) is 3.35. The topological polar surface area (TPSA) is 72.6 Å². The van der Waals surface area contributed by atoms with Crippen molar-refractivity contribution in [2.24, 2.45) is 0 Å². The third-order valence-electron chi connectivity index (χ3n) is 5.12. The number of H-pyrrole nitrogens is 1. The molecule has 1 aromatic heterocycles. The van der Waals surface area contributed by atoms with E-state index in [-0.39, 0.29) is 11.8 Å². The highest BCUT2D eigenvalue weighted by atomic mass is 16.5. The number of amides is 1. The van der Waals surface area contributed by atoms with Crippen LogP contribution in [0.3, 0.4) is 0 Å². The van der Waals surface area contributed by atoms with Gasteiger partial charge in [-0.15, -0.1) is 0 Å². The Kier molecular flexibility index (Phi) is 6.65. The molecule has 1 atom stereocenters. The summed E-state index contributed by atoms with van der Waals surface area (Å²) in [6.07, 6.45) is 1.67. The van der Waals surface area contributed by atoms with E-state index in [2.05, 4.69) is 16.4 Å². The van der Waals surface area contributed by atoms with Gasteiger partial charge < -0.3 is 24.5 Å². The zero-order valence-corrected chi connectivity index (χ0v) is 17.4. The second-order valence-corrected chi connectivity index (χ2v) is 6.97. The van der Waals surface area contributed by atoms with Gasteiger partial charge in [0.25, 0.3) is 0 Å². The van der Waals surface area contributed by atoms with Crippen molar-refractivity contribution in [1.82, 2.24) is 10.3 Å². The predicted octanol–water partition coefficient (Wildman–Crippen LogP) is 4.05. The van der Waals surface area contributed by atoms with E-state index in [9.17, 15) is 4.79 Å². The summed E-state index contributed by atoms with van der Waals surface area (Å²) in [7, 11) is 4.92. The number of carbonyl (C=O) groups is 1. The van der Waals surface area contributed by atoms with Crippen LogP contribution >= 0.6 is 0 Å². The van der Waals surface area contributed by atoms with Crippen molar-refractivity contribution in [2.75, 3.05) is 27.9 Å². The van der Waals surface area contributed by atoms with E-state index in [4.69, 9.17) is 14.2 Å². The Morgan fingerprint density at radius 1 is 1.00 bits per heavy atom. The number of fused-ring (bicyclic) bond motifs is 1. The summed E-state index contributed by atoms with van der Waals surface area (Å²) in [6, 6.07) is 13.5. The average Bonchev–Trinajstić information content (AvgIpc) is 3.18. The highest BCUT2D eigenvalue weighted by Gasteiger charge is 2.15. The summed E-state index contributed by atoms with van der Waals surface area (Å²) < 4.78 is 15.9. The molecular formula is C23H28N2O4. The Bertz CT molecular complexity index is 963. The average molecular weight is 396 g/mol. The van der Waals surface area contributed by atoms with E-state index < -0.39 is 0 Å². The van der Waals surface area contributed by atoms with Gasteiger partial charge in [-0.05, 0) is 43.5 Å². The van der Waals surface area contributed by atoms with Crippen molar-refractivity contribution in [3.63, 3.8) is 0 Å². The van der Waals surface area contributed by atoms with Crippen LogP contribution in [0.4, 0.5) is 0 Å². The number of methoxy groups -OCH3 is 3. The van der Waals surface area contributed by atoms with Crippen molar-refractivity contribution in [3.05, 3.63) is 53.7 Å². The lowest BCUT2D eigenvalue weighted by Gasteiger charge is -2.13. The van der Waals surface area contributed by atoms with Crippen LogP contribution in [0.2, 0.25) is 0 Å². The van der Waals surface area contributed by atoms with Gasteiger partial charge in [0.1, 0.15) is 17.2 Å². The molecule has 3 aromatic rings. The standard InChI is InChI=1S/C23H28N2O4/c1-15(16-7-9-18(27-2)10-8-16)23(26)24-11-5-6-17-12-20-21(25-17)13-19(28-3)14-22(20)29-4/h7-10,12-15,25H,5-6,11H2,1-4H3,(H,24,26)/t15-/m0/s1. The quantitative estimate of drug-likeness (QED) is 0.535. The third kappa shape index (κ3) is 4.83. The van der Waals surface area contributed by atoms with E-state index in [0.717, 1.165) is 52.3 Å². The molecular weight excluding hydrogens is 368 g/mol. The number of rotatable bonds is 9. The van der Waals surface area contributed by atoms with Crippen LogP contribution < -0.4 is 19.5 Å². The molecule has 0 saturated carbocycles. The van der Waals surface area contributed by atoms with Crippen LogP contribution in [0.5, 0.6) is 17.2 Å². The minimum atomic E-state index is -0.203. The lowest BCUT2D eigenvalue weighted by Crippen LogP contribution is -2.29. The number of carbonyl (C=O) groups excluding carboxylic acids is 1. The summed E-state index contributed by atoms with van der Waals surface area (Å²) >= 11 is 0. The van der Waals surface area contributed by atoms with E-state index in [1.807, 2.05) is 43.3 Å². The molecule has 2 aromatic carbocycles. The molecule has 0 aliphatic heterocycles. The summed E-state index contributed by atoms with van der Waals surface area (Å²) in [5.41, 5.74) is 3.05. The fraction of sp³-hybridized carbons (Fsp3) is 0.348. The van der Waals surface area contributed by atoms with Gasteiger partial charge in [-0.3, -0.25) is 4.79 Å². The Labute approximate surface area is 171 Å². The number of benzene rings is 2. The predicted molar refractivity (Wildman–Crippen MR) is 114 cm³/mol. The van der Waals surface area contributed by atoms with Crippen LogP contribution in [0.25, 0.3) is 10.9 Å². The Morgan fingerprint density at radius 2 is 1.72 bits per heavy atom. The maximum absolute atomic E-state index is 12.4. The van der Waals surface area contributed by atoms with E-state index in [0.29, 0.717) is 6.54 Å². The minimum absolute atomic E-state index is 0.0261. The summed E-state index contributed by atoms with van der Waals surface area (Å²) in [5.74, 6) is 2.14. The number of aryl methyl sites for hydroxylation is 1. The molecule has 0 saturated heterocycles. The van der Waals surface area contributed by atoms with Gasteiger partial charge in [0.05, 0.1) is 32.8 Å². The summed E-state index contributed by atoms with van der Waals surface area (Å²) in [5, 5.41) is 4.05. The highest BCUT2D eigenvalue weighted by molar-refractivity contribution is 5.88. The van der Waals surface area contributed by atoms with Crippen molar-refractivity contribution < 1.29 is 19.0 Å². The number of nitrogens with one attached hydrogen (secondary N) is 2. The lowest BCUT2D eigenvalue weighted by molar-refractivity contribution is -0.122. The first-order valence-electron chi connectivity index (χ1n) is 9.71. The van der Waals surface area contributed by atoms with Crippen molar-refractivity contribution >= 4 is 16.8 Å². The molecule has 0 aliphatic rings. The van der Waals surface area contributed by atoms with E-state index >= 15 is 0 Å². The molecule has 0 aliphatic carbocycles. The van der Waals surface area contributed by atoms with Gasteiger partial charge in [0, 0.05) is 29.8 Å². The zero-order valence-electron chi connectivity index (χ0n) is 17.4. The molecule has 0 spiro atoms. The number of aromatic amines is 1. The number of hydrogen-bond acceptors (Lipinski definition) is 4. The Morgan fingerprint density at radius 3 is 2.38 bits per heavy atom. The van der Waals surface area contributed by atoms with Crippen molar-refractivity contribution in [3.8, 4) is 17.2 Å². The van der Waals surface area contributed by atoms with Crippen molar-refractivity contribution in [1.29, 1.82) is 0 Å². The molecule has 3 rings (SSSR count). The normalized spacial score (nSPS) is 11.9. The largest absolute Gasteiger partial charge is 0.497 e. The molecule has 154 valence electrons. The van der Waals surface area contributed by atoms with E-state index in [1.54, 1.807) is 21.3 Å². The van der Waals surface area contributed by atoms with Crippen LogP contribution in [-0.2, 0) is 11.2 Å². The number of hydrogen-bond donors (Lipinski definition) is 2. The van der Waals surface area contributed by atoms with Gasteiger partial charge in [-0.1, -0.05) is 12.1 Å². The van der Waals surface area contributed by atoms with Crippen LogP contribution in [-0.4, -0.2) is 38.8 Å². The monoisotopic (exact) mass is 396 g/mol. The first-order chi connectivity index (χ1) is 14.0. The van der Waals surface area contributed by atoms with Gasteiger partial charge in [-0.2, -0.15) is 0 Å². The molecule has 1 amide bonds. The first kappa shape index (κ1) is 20.6.